The molecule has 2 aliphatic rings. The number of hydrogen-bond acceptors (Lipinski definition) is 3. The zero-order valence-electron chi connectivity index (χ0n) is 11.6. The summed E-state index contributed by atoms with van der Waals surface area (Å²) in [6, 6.07) is 1.23. The number of nitrogens with zero attached hydrogens (tertiary/aromatic N) is 2. The molecule has 1 atom stereocenters. The van der Waals surface area contributed by atoms with Crippen LogP contribution in [0.4, 0.5) is 0 Å². The Bertz CT molecular complexity index is 392. The van der Waals surface area contributed by atoms with E-state index in [4.69, 9.17) is 0 Å². The molecule has 0 amide bonds. The van der Waals surface area contributed by atoms with Gasteiger partial charge in [0.1, 0.15) is 0 Å². The normalized spacial score (nSPS) is 23.2. The summed E-state index contributed by atoms with van der Waals surface area (Å²) in [5, 5.41) is 13.4. The summed E-state index contributed by atoms with van der Waals surface area (Å²) < 4.78 is 2.25. The van der Waals surface area contributed by atoms with Crippen LogP contribution in [-0.4, -0.2) is 27.3 Å². The van der Waals surface area contributed by atoms with Gasteiger partial charge in [0.25, 0.3) is 0 Å². The highest BCUT2D eigenvalue weighted by Crippen LogP contribution is 2.37. The molecule has 4 nitrogen and oxygen atoms in total. The first-order valence-corrected chi connectivity index (χ1v) is 7.77. The molecule has 4 heteroatoms. The number of rotatable bonds is 5. The van der Waals surface area contributed by atoms with E-state index < -0.39 is 0 Å². The SMILES string of the molecule is OCC(NC1CCCCCC1)c1cncn1C1CC1. The zero-order chi connectivity index (χ0) is 13.1. The van der Waals surface area contributed by atoms with Crippen LogP contribution in [0.5, 0.6) is 0 Å². The molecule has 1 unspecified atom stereocenters. The number of hydrogen-bond donors (Lipinski definition) is 2. The van der Waals surface area contributed by atoms with E-state index in [1.54, 1.807) is 0 Å². The van der Waals surface area contributed by atoms with Gasteiger partial charge in [0, 0.05) is 18.3 Å². The Morgan fingerprint density at radius 3 is 2.58 bits per heavy atom. The lowest BCUT2D eigenvalue weighted by molar-refractivity contribution is 0.222. The molecule has 0 spiro atoms. The van der Waals surface area contributed by atoms with Crippen LogP contribution in [0, 0.1) is 0 Å². The quantitative estimate of drug-likeness (QED) is 0.803. The third-order valence-corrected chi connectivity index (χ3v) is 4.47. The van der Waals surface area contributed by atoms with Crippen molar-refractivity contribution in [3.8, 4) is 0 Å². The molecule has 106 valence electrons. The molecule has 0 radical (unpaired) electrons. The predicted molar refractivity (Wildman–Crippen MR) is 75.0 cm³/mol. The summed E-state index contributed by atoms with van der Waals surface area (Å²) in [6.07, 6.45) is 14.2. The van der Waals surface area contributed by atoms with Crippen molar-refractivity contribution >= 4 is 0 Å². The van der Waals surface area contributed by atoms with Gasteiger partial charge in [-0.3, -0.25) is 0 Å². The van der Waals surface area contributed by atoms with Crippen LogP contribution < -0.4 is 5.32 Å². The van der Waals surface area contributed by atoms with Gasteiger partial charge in [-0.05, 0) is 25.7 Å². The largest absolute Gasteiger partial charge is 0.394 e. The summed E-state index contributed by atoms with van der Waals surface area (Å²) in [5.41, 5.74) is 1.16. The fraction of sp³-hybridized carbons (Fsp3) is 0.800. The highest BCUT2D eigenvalue weighted by molar-refractivity contribution is 5.09. The first-order chi connectivity index (χ1) is 9.38. The van der Waals surface area contributed by atoms with Crippen molar-refractivity contribution in [2.24, 2.45) is 0 Å². The van der Waals surface area contributed by atoms with Crippen molar-refractivity contribution in [3.05, 3.63) is 18.2 Å². The number of aromatic nitrogens is 2. The molecule has 0 bridgehead atoms. The standard InChI is InChI=1S/C15H25N3O/c19-10-14(17-12-5-3-1-2-4-6-12)15-9-16-11-18(15)13-7-8-13/h9,11-14,17,19H,1-8,10H2. The van der Waals surface area contributed by atoms with E-state index in [-0.39, 0.29) is 12.6 Å². The maximum atomic E-state index is 9.72. The Labute approximate surface area is 115 Å². The van der Waals surface area contributed by atoms with E-state index in [2.05, 4.69) is 14.9 Å². The van der Waals surface area contributed by atoms with Crippen LogP contribution >= 0.6 is 0 Å². The van der Waals surface area contributed by atoms with Gasteiger partial charge in [0.05, 0.1) is 24.7 Å². The highest BCUT2D eigenvalue weighted by Gasteiger charge is 2.28. The van der Waals surface area contributed by atoms with E-state index in [9.17, 15) is 5.11 Å². The van der Waals surface area contributed by atoms with Crippen molar-refractivity contribution in [1.82, 2.24) is 14.9 Å². The fourth-order valence-corrected chi connectivity index (χ4v) is 3.20. The molecule has 2 N–H and O–H groups in total. The van der Waals surface area contributed by atoms with Gasteiger partial charge >= 0.3 is 0 Å². The maximum Gasteiger partial charge on any atom is 0.0951 e. The number of nitrogens with one attached hydrogen (secondary N) is 1. The zero-order valence-corrected chi connectivity index (χ0v) is 11.6. The minimum atomic E-state index is 0.0474. The van der Waals surface area contributed by atoms with E-state index >= 15 is 0 Å². The Morgan fingerprint density at radius 2 is 1.95 bits per heavy atom. The average Bonchev–Trinajstić information content (AvgIpc) is 3.21. The molecule has 2 saturated carbocycles. The van der Waals surface area contributed by atoms with Crippen molar-refractivity contribution in [3.63, 3.8) is 0 Å². The third kappa shape index (κ3) is 3.18. The van der Waals surface area contributed by atoms with Crippen molar-refractivity contribution < 1.29 is 5.11 Å². The molecule has 0 aliphatic heterocycles. The smallest absolute Gasteiger partial charge is 0.0951 e. The van der Waals surface area contributed by atoms with Gasteiger partial charge < -0.3 is 15.0 Å². The van der Waals surface area contributed by atoms with Crippen LogP contribution in [0.3, 0.4) is 0 Å². The van der Waals surface area contributed by atoms with Crippen molar-refractivity contribution in [2.45, 2.75) is 69.5 Å². The van der Waals surface area contributed by atoms with Gasteiger partial charge in [-0.1, -0.05) is 25.7 Å². The van der Waals surface area contributed by atoms with E-state index in [1.165, 1.54) is 51.4 Å². The predicted octanol–water partition coefficient (Wildman–Crippen LogP) is 2.56. The molecular weight excluding hydrogens is 238 g/mol. The lowest BCUT2D eigenvalue weighted by Gasteiger charge is -2.24. The Morgan fingerprint density at radius 1 is 1.21 bits per heavy atom. The first kappa shape index (κ1) is 13.1. The molecular formula is C15H25N3O. The molecule has 1 aromatic rings. The van der Waals surface area contributed by atoms with Crippen molar-refractivity contribution in [1.29, 1.82) is 0 Å². The maximum absolute atomic E-state index is 9.72. The number of aliphatic hydroxyl groups excluding tert-OH is 1. The van der Waals surface area contributed by atoms with Crippen LogP contribution in [0.2, 0.25) is 0 Å². The summed E-state index contributed by atoms with van der Waals surface area (Å²) >= 11 is 0. The van der Waals surface area contributed by atoms with Crippen LogP contribution in [-0.2, 0) is 0 Å². The molecule has 2 aliphatic carbocycles. The molecule has 3 rings (SSSR count). The first-order valence-electron chi connectivity index (χ1n) is 7.77. The number of imidazole rings is 1. The van der Waals surface area contributed by atoms with E-state index in [1.807, 2.05) is 12.5 Å². The Kier molecular flexibility index (Phi) is 4.18. The van der Waals surface area contributed by atoms with Gasteiger partial charge in [0.15, 0.2) is 0 Å². The van der Waals surface area contributed by atoms with Crippen molar-refractivity contribution in [2.75, 3.05) is 6.61 Å². The van der Waals surface area contributed by atoms with Gasteiger partial charge in [-0.2, -0.15) is 0 Å². The summed E-state index contributed by atoms with van der Waals surface area (Å²) in [5.74, 6) is 0. The Hall–Kier alpha value is -0.870. The van der Waals surface area contributed by atoms with Crippen LogP contribution in [0.1, 0.15) is 69.1 Å². The molecule has 0 saturated heterocycles. The third-order valence-electron chi connectivity index (χ3n) is 4.47. The second-order valence-corrected chi connectivity index (χ2v) is 6.05. The lowest BCUT2D eigenvalue weighted by atomic mass is 10.1. The topological polar surface area (TPSA) is 50.1 Å². The average molecular weight is 263 g/mol. The minimum absolute atomic E-state index is 0.0474. The molecule has 2 fully saturated rings. The van der Waals surface area contributed by atoms with E-state index in [0.29, 0.717) is 12.1 Å². The lowest BCUT2D eigenvalue weighted by Crippen LogP contribution is -2.35. The second kappa shape index (κ2) is 6.06. The summed E-state index contributed by atoms with van der Waals surface area (Å²) in [6.45, 7) is 0.162. The Balaban J connectivity index is 1.67. The molecule has 1 aromatic heterocycles. The van der Waals surface area contributed by atoms with Crippen LogP contribution in [0.25, 0.3) is 0 Å². The number of aliphatic hydroxyl groups is 1. The molecule has 0 aromatic carbocycles. The highest BCUT2D eigenvalue weighted by atomic mass is 16.3. The van der Waals surface area contributed by atoms with Gasteiger partial charge in [-0.15, -0.1) is 0 Å². The summed E-state index contributed by atoms with van der Waals surface area (Å²) in [7, 11) is 0. The van der Waals surface area contributed by atoms with Gasteiger partial charge in [-0.25, -0.2) is 4.98 Å². The fourth-order valence-electron chi connectivity index (χ4n) is 3.20. The van der Waals surface area contributed by atoms with E-state index in [0.717, 1.165) is 5.69 Å². The minimum Gasteiger partial charge on any atom is -0.394 e. The molecule has 1 heterocycles. The monoisotopic (exact) mass is 263 g/mol. The van der Waals surface area contributed by atoms with Gasteiger partial charge in [0.2, 0.25) is 0 Å². The second-order valence-electron chi connectivity index (χ2n) is 6.05. The van der Waals surface area contributed by atoms with Crippen LogP contribution in [0.15, 0.2) is 12.5 Å². The molecule has 19 heavy (non-hydrogen) atoms. The summed E-state index contributed by atoms with van der Waals surface area (Å²) in [4.78, 5) is 4.28.